The average molecular weight is 494 g/mol. The van der Waals surface area contributed by atoms with Crippen molar-refractivity contribution in [1.82, 2.24) is 19.7 Å². The SMILES string of the molecule is [2H]C([2H])([2H])Oc1cc(OC([2H])([2H])[2H])cc(N(c2ccc3ncc(-c4cnn(C)c4)nc3c2)C([2H])([2H])C([2H])([2H])OS(C)(=O)=O)c1. The number of fused-ring (bicyclic) bond motifs is 1. The lowest BCUT2D eigenvalue weighted by molar-refractivity contribution is 0.330. The van der Waals surface area contributed by atoms with Crippen molar-refractivity contribution in [1.29, 1.82) is 0 Å². The lowest BCUT2D eigenvalue weighted by Crippen LogP contribution is -2.23. The largest absolute Gasteiger partial charge is 0.497 e. The Kier molecular flexibility index (Phi) is 3.94. The summed E-state index contributed by atoms with van der Waals surface area (Å²) in [4.78, 5) is 9.53. The number of anilines is 2. The molecule has 34 heavy (non-hydrogen) atoms. The van der Waals surface area contributed by atoms with Crippen LogP contribution >= 0.6 is 0 Å². The van der Waals surface area contributed by atoms with E-state index in [1.807, 2.05) is 0 Å². The van der Waals surface area contributed by atoms with Crippen LogP contribution in [0, 0.1) is 0 Å². The van der Waals surface area contributed by atoms with Gasteiger partial charge in [-0.2, -0.15) is 13.5 Å². The van der Waals surface area contributed by atoms with Crippen molar-refractivity contribution < 1.29 is 35.8 Å². The van der Waals surface area contributed by atoms with Gasteiger partial charge in [0.15, 0.2) is 0 Å². The molecule has 0 aliphatic carbocycles. The van der Waals surface area contributed by atoms with E-state index >= 15 is 0 Å². The number of benzene rings is 2. The summed E-state index contributed by atoms with van der Waals surface area (Å²) in [6, 6.07) is 6.96. The summed E-state index contributed by atoms with van der Waals surface area (Å²) in [6.45, 7) is -6.97. The standard InChI is InChI=1S/C23H25N5O5S/c1-27-15-16(13-25-27)23-14-24-21-6-5-17(11-22(21)26-23)28(7-8-33-34(4,29)30)18-9-19(31-2)12-20(10-18)32-3/h5-6,9-15H,7-8H2,1-4H3/i2D3,3D3,7D2,8D2. The van der Waals surface area contributed by atoms with Crippen LogP contribution in [0.25, 0.3) is 22.3 Å². The van der Waals surface area contributed by atoms with Crippen LogP contribution in [0.4, 0.5) is 11.4 Å². The molecule has 0 saturated carbocycles. The molecule has 0 unspecified atom stereocenters. The molecule has 4 aromatic rings. The van der Waals surface area contributed by atoms with Crippen molar-refractivity contribution in [2.24, 2.45) is 7.05 Å². The molecular weight excluding hydrogens is 458 g/mol. The predicted molar refractivity (Wildman–Crippen MR) is 129 cm³/mol. The highest BCUT2D eigenvalue weighted by Crippen LogP contribution is 2.34. The van der Waals surface area contributed by atoms with Crippen LogP contribution < -0.4 is 14.4 Å². The van der Waals surface area contributed by atoms with Crippen LogP contribution in [-0.2, 0) is 21.3 Å². The quantitative estimate of drug-likeness (QED) is 0.325. The van der Waals surface area contributed by atoms with E-state index in [4.69, 9.17) is 23.2 Å². The van der Waals surface area contributed by atoms with Crippen molar-refractivity contribution >= 4 is 32.5 Å². The van der Waals surface area contributed by atoms with Crippen molar-refractivity contribution in [3.8, 4) is 22.8 Å². The Bertz CT molecular complexity index is 1760. The van der Waals surface area contributed by atoms with Crippen molar-refractivity contribution in [2.75, 3.05) is 38.3 Å². The third-order valence-corrected chi connectivity index (χ3v) is 4.88. The fourth-order valence-electron chi connectivity index (χ4n) is 3.05. The first-order valence-electron chi connectivity index (χ1n) is 14.5. The molecule has 2 aromatic carbocycles. The van der Waals surface area contributed by atoms with Gasteiger partial charge < -0.3 is 14.4 Å². The summed E-state index contributed by atoms with van der Waals surface area (Å²) in [5.41, 5.74) is 1.01. The van der Waals surface area contributed by atoms with Gasteiger partial charge in [0.25, 0.3) is 10.1 Å². The molecule has 2 heterocycles. The summed E-state index contributed by atoms with van der Waals surface area (Å²) in [7, 11) is -8.93. The molecule has 0 saturated heterocycles. The second kappa shape index (κ2) is 9.65. The zero-order valence-corrected chi connectivity index (χ0v) is 18.7. The smallest absolute Gasteiger partial charge is 0.264 e. The lowest BCUT2D eigenvalue weighted by atomic mass is 10.2. The van der Waals surface area contributed by atoms with E-state index in [1.165, 1.54) is 24.4 Å². The average Bonchev–Trinajstić information content (AvgIpc) is 3.26. The third-order valence-electron chi connectivity index (χ3n) is 4.49. The van der Waals surface area contributed by atoms with Crippen LogP contribution in [-0.4, -0.2) is 61.6 Å². The number of aryl methyl sites for hydroxylation is 1. The number of rotatable bonds is 9. The molecule has 0 amide bonds. The van der Waals surface area contributed by atoms with Gasteiger partial charge >= 0.3 is 0 Å². The minimum absolute atomic E-state index is 0.146. The van der Waals surface area contributed by atoms with Crippen molar-refractivity contribution in [2.45, 2.75) is 0 Å². The van der Waals surface area contributed by atoms with Crippen LogP contribution in [0.2, 0.25) is 0 Å². The monoisotopic (exact) mass is 493 g/mol. The Hall–Kier alpha value is -3.70. The third kappa shape index (κ3) is 5.43. The van der Waals surface area contributed by atoms with Crippen LogP contribution in [0.5, 0.6) is 11.5 Å². The number of aromatic nitrogens is 4. The van der Waals surface area contributed by atoms with E-state index < -0.39 is 54.4 Å². The molecule has 11 heteroatoms. The summed E-state index contributed by atoms with van der Waals surface area (Å²) in [5.74, 6) is -0.988. The highest BCUT2D eigenvalue weighted by atomic mass is 32.2. The molecule has 0 aliphatic heterocycles. The Balaban J connectivity index is 1.98. The first-order chi connectivity index (χ1) is 20.0. The molecule has 178 valence electrons. The van der Waals surface area contributed by atoms with Gasteiger partial charge in [0.2, 0.25) is 0 Å². The number of ether oxygens (including phenoxy) is 2. The number of hydrogen-bond donors (Lipinski definition) is 0. The summed E-state index contributed by atoms with van der Waals surface area (Å²) in [5, 5.41) is 4.10. The van der Waals surface area contributed by atoms with Crippen LogP contribution in [0.1, 0.15) is 13.7 Å². The molecule has 10 nitrogen and oxygen atoms in total. The highest BCUT2D eigenvalue weighted by molar-refractivity contribution is 7.85. The highest BCUT2D eigenvalue weighted by Gasteiger charge is 2.16. The molecule has 0 radical (unpaired) electrons. The Morgan fingerprint density at radius 1 is 1.06 bits per heavy atom. The van der Waals surface area contributed by atoms with E-state index in [-0.39, 0.29) is 11.2 Å². The number of hydrogen-bond acceptors (Lipinski definition) is 9. The number of methoxy groups -OCH3 is 2. The normalized spacial score (nSPS) is 17.5. The van der Waals surface area contributed by atoms with Gasteiger partial charge in [0.1, 0.15) is 11.5 Å². The Morgan fingerprint density at radius 2 is 1.82 bits per heavy atom. The molecular formula is C23H25N5O5S. The van der Waals surface area contributed by atoms with Gasteiger partial charge in [-0.05, 0) is 18.2 Å². The molecule has 0 spiro atoms. The topological polar surface area (TPSA) is 109 Å². The van der Waals surface area contributed by atoms with Gasteiger partial charge in [-0.25, -0.2) is 4.98 Å². The number of nitrogens with zero attached hydrogens (tertiary/aromatic N) is 5. The summed E-state index contributed by atoms with van der Waals surface area (Å²) < 4.78 is 119. The van der Waals surface area contributed by atoms with E-state index in [9.17, 15) is 8.42 Å². The maximum atomic E-state index is 11.9. The summed E-state index contributed by atoms with van der Waals surface area (Å²) in [6.07, 6.45) is 5.25. The fourth-order valence-corrected chi connectivity index (χ4v) is 3.24. The Morgan fingerprint density at radius 3 is 2.47 bits per heavy atom. The van der Waals surface area contributed by atoms with Gasteiger partial charge in [-0.1, -0.05) is 0 Å². The van der Waals surface area contributed by atoms with E-state index in [2.05, 4.69) is 19.2 Å². The molecule has 0 bridgehead atoms. The lowest BCUT2D eigenvalue weighted by Gasteiger charge is -2.26. The van der Waals surface area contributed by atoms with Crippen molar-refractivity contribution in [3.63, 3.8) is 0 Å². The zero-order chi connectivity index (χ0) is 32.9. The van der Waals surface area contributed by atoms with Crippen molar-refractivity contribution in [3.05, 3.63) is 55.0 Å². The first kappa shape index (κ1) is 13.9. The van der Waals surface area contributed by atoms with Gasteiger partial charge in [-0.3, -0.25) is 13.8 Å². The predicted octanol–water partition coefficient (Wildman–Crippen LogP) is 3.16. The fraction of sp³-hybridized carbons (Fsp3) is 0.261. The maximum Gasteiger partial charge on any atom is 0.264 e. The van der Waals surface area contributed by atoms with Crippen LogP contribution in [0.3, 0.4) is 0 Å². The molecule has 4 rings (SSSR count). The molecule has 0 N–H and O–H groups in total. The van der Waals surface area contributed by atoms with Gasteiger partial charge in [-0.15, -0.1) is 0 Å². The Labute approximate surface area is 211 Å². The molecule has 0 fully saturated rings. The molecule has 2 aromatic heterocycles. The molecule has 0 atom stereocenters. The second-order valence-electron chi connectivity index (χ2n) is 7.03. The summed E-state index contributed by atoms with van der Waals surface area (Å²) >= 11 is 0. The molecule has 0 aliphatic rings. The van der Waals surface area contributed by atoms with E-state index in [0.29, 0.717) is 27.9 Å². The van der Waals surface area contributed by atoms with E-state index in [1.54, 1.807) is 24.1 Å². The second-order valence-corrected chi connectivity index (χ2v) is 8.61. The van der Waals surface area contributed by atoms with Crippen LogP contribution in [0.15, 0.2) is 55.0 Å². The minimum atomic E-state index is -4.57. The first-order valence-corrected chi connectivity index (χ1v) is 11.3. The minimum Gasteiger partial charge on any atom is -0.497 e. The zero-order valence-electron chi connectivity index (χ0n) is 27.9. The maximum absolute atomic E-state index is 11.9. The van der Waals surface area contributed by atoms with Gasteiger partial charge in [0, 0.05) is 54.9 Å². The van der Waals surface area contributed by atoms with Gasteiger partial charge in [0.05, 0.1) is 69.7 Å². The van der Waals surface area contributed by atoms with E-state index in [0.717, 1.165) is 18.2 Å².